The number of aliphatic hydroxyl groups excluding tert-OH is 1. The zero-order valence-electron chi connectivity index (χ0n) is 21.7. The minimum absolute atomic E-state index is 0.0969. The van der Waals surface area contributed by atoms with Crippen molar-refractivity contribution in [2.75, 3.05) is 6.61 Å². The number of allylic oxidation sites excluding steroid dienone is 2. The highest BCUT2D eigenvalue weighted by atomic mass is 16.6. The van der Waals surface area contributed by atoms with Crippen LogP contribution in [0.3, 0.4) is 0 Å². The first-order valence-electron chi connectivity index (χ1n) is 13.9. The molecule has 0 aromatic heterocycles. The molecule has 32 heavy (non-hydrogen) atoms. The summed E-state index contributed by atoms with van der Waals surface area (Å²) in [4.78, 5) is 0. The third-order valence-corrected chi connectivity index (χ3v) is 13.4. The van der Waals surface area contributed by atoms with Gasteiger partial charge in [0, 0.05) is 0 Å². The van der Waals surface area contributed by atoms with E-state index in [4.69, 9.17) is 4.74 Å². The Kier molecular flexibility index (Phi) is 4.46. The minimum atomic E-state index is -0.0969. The van der Waals surface area contributed by atoms with Gasteiger partial charge >= 0.3 is 0 Å². The summed E-state index contributed by atoms with van der Waals surface area (Å²) in [5, 5.41) is 10.9. The van der Waals surface area contributed by atoms with E-state index in [0.29, 0.717) is 21.7 Å². The number of fused-ring (bicyclic) bond motifs is 2. The molecule has 0 bridgehead atoms. The highest BCUT2D eigenvalue weighted by Gasteiger charge is 2.83. The predicted molar refractivity (Wildman–Crippen MR) is 130 cm³/mol. The van der Waals surface area contributed by atoms with Crippen molar-refractivity contribution in [2.24, 2.45) is 44.8 Å². The molecule has 0 amide bonds. The fraction of sp³-hybridized carbons (Fsp3) is 0.933. The Morgan fingerprint density at radius 2 is 1.50 bits per heavy atom. The average Bonchev–Trinajstić information content (AvgIpc) is 3.60. The van der Waals surface area contributed by atoms with E-state index in [1.807, 2.05) is 0 Å². The van der Waals surface area contributed by atoms with Crippen molar-refractivity contribution in [1.82, 2.24) is 0 Å². The molecule has 5 saturated carbocycles. The van der Waals surface area contributed by atoms with E-state index in [1.165, 1.54) is 69.8 Å². The molecule has 0 aromatic carbocycles. The van der Waals surface area contributed by atoms with Gasteiger partial charge in [0.15, 0.2) is 0 Å². The van der Waals surface area contributed by atoms with Gasteiger partial charge in [-0.25, -0.2) is 0 Å². The molecule has 0 radical (unpaired) electrons. The number of ether oxygens (including phenoxy) is 1. The van der Waals surface area contributed by atoms with E-state index >= 15 is 0 Å². The summed E-state index contributed by atoms with van der Waals surface area (Å²) in [6.45, 7) is 15.6. The molecule has 5 aliphatic carbocycles. The van der Waals surface area contributed by atoms with Crippen LogP contribution in [0.5, 0.6) is 0 Å². The lowest BCUT2D eigenvalue weighted by Gasteiger charge is -2.63. The Bertz CT molecular complexity index is 834. The largest absolute Gasteiger partial charge is 0.393 e. The number of hydrogen-bond donors (Lipinski definition) is 1. The van der Waals surface area contributed by atoms with Crippen LogP contribution in [0.2, 0.25) is 0 Å². The van der Waals surface area contributed by atoms with Crippen molar-refractivity contribution >= 4 is 0 Å². The summed E-state index contributed by atoms with van der Waals surface area (Å²) in [5.74, 6) is 2.39. The van der Waals surface area contributed by atoms with Gasteiger partial charge in [-0.3, -0.25) is 0 Å². The maximum atomic E-state index is 10.9. The lowest BCUT2D eigenvalue weighted by atomic mass is 9.41. The fourth-order valence-corrected chi connectivity index (χ4v) is 11.4. The molecule has 1 aliphatic heterocycles. The molecule has 180 valence electrons. The van der Waals surface area contributed by atoms with Gasteiger partial charge < -0.3 is 9.84 Å². The van der Waals surface area contributed by atoms with E-state index in [2.05, 4.69) is 47.6 Å². The lowest BCUT2D eigenvalue weighted by Crippen LogP contribution is -2.58. The second kappa shape index (κ2) is 6.45. The van der Waals surface area contributed by atoms with Crippen molar-refractivity contribution in [3.8, 4) is 0 Å². The summed E-state index contributed by atoms with van der Waals surface area (Å²) in [7, 11) is 0. The Morgan fingerprint density at radius 1 is 0.844 bits per heavy atom. The predicted octanol–water partition coefficient (Wildman–Crippen LogP) is 7.30. The molecule has 6 aliphatic rings. The van der Waals surface area contributed by atoms with Gasteiger partial charge in [0.1, 0.15) is 0 Å². The lowest BCUT2D eigenvalue weighted by molar-refractivity contribution is -0.162. The number of aliphatic hydroxyl groups is 1. The Balaban J connectivity index is 1.29. The van der Waals surface area contributed by atoms with Crippen molar-refractivity contribution in [1.29, 1.82) is 0 Å². The topological polar surface area (TPSA) is 32.8 Å². The maximum absolute atomic E-state index is 10.9. The van der Waals surface area contributed by atoms with Crippen molar-refractivity contribution in [2.45, 2.75) is 124 Å². The summed E-state index contributed by atoms with van der Waals surface area (Å²) < 4.78 is 6.36. The third kappa shape index (κ3) is 2.45. The molecule has 9 unspecified atom stereocenters. The van der Waals surface area contributed by atoms with Crippen LogP contribution < -0.4 is 0 Å². The van der Waals surface area contributed by atoms with Gasteiger partial charge in [-0.2, -0.15) is 0 Å². The second-order valence-corrected chi connectivity index (χ2v) is 14.6. The van der Waals surface area contributed by atoms with Crippen LogP contribution in [-0.4, -0.2) is 23.4 Å². The minimum Gasteiger partial charge on any atom is -0.393 e. The van der Waals surface area contributed by atoms with Crippen LogP contribution in [0.4, 0.5) is 0 Å². The Morgan fingerprint density at radius 3 is 2.19 bits per heavy atom. The van der Waals surface area contributed by atoms with Gasteiger partial charge in [0.25, 0.3) is 0 Å². The number of hydrogen-bond acceptors (Lipinski definition) is 2. The van der Waals surface area contributed by atoms with Crippen LogP contribution in [-0.2, 0) is 4.74 Å². The molecule has 0 aromatic rings. The van der Waals surface area contributed by atoms with Gasteiger partial charge in [0.2, 0.25) is 0 Å². The highest BCUT2D eigenvalue weighted by molar-refractivity contribution is 5.31. The van der Waals surface area contributed by atoms with Gasteiger partial charge in [-0.05, 0) is 129 Å². The zero-order valence-corrected chi connectivity index (χ0v) is 21.7. The first kappa shape index (κ1) is 22.1. The Labute approximate surface area is 197 Å². The van der Waals surface area contributed by atoms with Crippen LogP contribution in [0.1, 0.15) is 112 Å². The molecular formula is C30H48O2. The van der Waals surface area contributed by atoms with Crippen molar-refractivity contribution < 1.29 is 9.84 Å². The highest BCUT2D eigenvalue weighted by Crippen LogP contribution is 2.89. The molecular weight excluding hydrogens is 392 g/mol. The SMILES string of the molecule is CC(C)=CCCC1(C2CCC3(C)C4CCC5C(C)(C)C(O)CCC56CC46CCC23C)CO1. The maximum Gasteiger partial charge on any atom is 0.0952 e. The smallest absolute Gasteiger partial charge is 0.0952 e. The molecule has 2 heteroatoms. The quantitative estimate of drug-likeness (QED) is 0.367. The fourth-order valence-electron chi connectivity index (χ4n) is 11.4. The first-order valence-corrected chi connectivity index (χ1v) is 13.9. The number of epoxide rings is 1. The normalized spacial score (nSPS) is 57.0. The molecule has 2 nitrogen and oxygen atoms in total. The van der Waals surface area contributed by atoms with Crippen molar-refractivity contribution in [3.05, 3.63) is 11.6 Å². The summed E-state index contributed by atoms with van der Waals surface area (Å²) >= 11 is 0. The van der Waals surface area contributed by atoms with E-state index in [0.717, 1.165) is 30.8 Å². The Hall–Kier alpha value is -0.340. The van der Waals surface area contributed by atoms with Crippen LogP contribution in [0.25, 0.3) is 0 Å². The van der Waals surface area contributed by atoms with Crippen LogP contribution >= 0.6 is 0 Å². The van der Waals surface area contributed by atoms with E-state index in [9.17, 15) is 5.11 Å². The first-order chi connectivity index (χ1) is 15.0. The van der Waals surface area contributed by atoms with Crippen LogP contribution in [0, 0.1) is 44.8 Å². The summed E-state index contributed by atoms with van der Waals surface area (Å²) in [5.41, 5.74) is 3.78. The van der Waals surface area contributed by atoms with Gasteiger partial charge in [-0.15, -0.1) is 0 Å². The average molecular weight is 441 g/mol. The molecule has 2 spiro atoms. The zero-order chi connectivity index (χ0) is 22.8. The van der Waals surface area contributed by atoms with E-state index in [-0.39, 0.29) is 17.1 Å². The monoisotopic (exact) mass is 440 g/mol. The molecule has 1 N–H and O–H groups in total. The second-order valence-electron chi connectivity index (χ2n) is 14.6. The molecule has 6 rings (SSSR count). The van der Waals surface area contributed by atoms with Crippen molar-refractivity contribution in [3.63, 3.8) is 0 Å². The standard InChI is InChI=1S/C30H48O2/c1-20(2)8-7-13-30(19-32-30)23-11-14-26(5)22-10-9-21-25(3,4)24(31)12-15-28(21)18-29(22,28)17-16-27(23,26)6/h8,21-24,31H,7,9-19H2,1-6H3. The van der Waals surface area contributed by atoms with Gasteiger partial charge in [-0.1, -0.05) is 39.3 Å². The molecule has 9 atom stereocenters. The van der Waals surface area contributed by atoms with Crippen LogP contribution in [0.15, 0.2) is 11.6 Å². The van der Waals surface area contributed by atoms with E-state index < -0.39 is 0 Å². The van der Waals surface area contributed by atoms with E-state index in [1.54, 1.807) is 0 Å². The molecule has 6 fully saturated rings. The molecule has 1 heterocycles. The molecule has 1 saturated heterocycles. The summed E-state index contributed by atoms with van der Waals surface area (Å²) in [6, 6.07) is 0. The van der Waals surface area contributed by atoms with Gasteiger partial charge in [0.05, 0.1) is 18.3 Å². The summed E-state index contributed by atoms with van der Waals surface area (Å²) in [6.07, 6.45) is 17.0. The number of rotatable bonds is 4. The third-order valence-electron chi connectivity index (χ3n) is 13.4.